The van der Waals surface area contributed by atoms with Gasteiger partial charge >= 0.3 is 5.97 Å². The molecule has 0 amide bonds. The molecule has 0 bridgehead atoms. The number of methoxy groups -OCH3 is 1. The lowest BCUT2D eigenvalue weighted by molar-refractivity contribution is -0.134. The molecule has 116 valence electrons. The lowest BCUT2D eigenvalue weighted by Gasteiger charge is -2.17. The van der Waals surface area contributed by atoms with Crippen LogP contribution in [-0.2, 0) is 14.3 Å². The van der Waals surface area contributed by atoms with E-state index in [0.29, 0.717) is 17.9 Å². The van der Waals surface area contributed by atoms with Gasteiger partial charge in [-0.25, -0.2) is 4.79 Å². The fraction of sp³-hybridized carbons (Fsp3) is 0.529. The van der Waals surface area contributed by atoms with E-state index in [9.17, 15) is 14.7 Å². The molecule has 0 saturated carbocycles. The maximum Gasteiger partial charge on any atom is 0.330 e. The third-order valence-corrected chi connectivity index (χ3v) is 3.60. The van der Waals surface area contributed by atoms with Crippen LogP contribution in [-0.4, -0.2) is 30.6 Å². The Hall–Kier alpha value is -1.68. The van der Waals surface area contributed by atoms with Gasteiger partial charge in [0.1, 0.15) is 6.29 Å². The highest BCUT2D eigenvalue weighted by molar-refractivity contribution is 5.81. The van der Waals surface area contributed by atoms with Crippen LogP contribution in [0.4, 0.5) is 0 Å². The molecule has 0 aromatic carbocycles. The summed E-state index contributed by atoms with van der Waals surface area (Å²) in [4.78, 5) is 21.9. The monoisotopic (exact) mass is 292 g/mol. The van der Waals surface area contributed by atoms with Crippen LogP contribution >= 0.6 is 0 Å². The highest BCUT2D eigenvalue weighted by Gasteiger charge is 2.14. The molecule has 0 heterocycles. The Bertz CT molecular complexity index is 446. The van der Waals surface area contributed by atoms with Crippen LogP contribution in [0.2, 0.25) is 0 Å². The summed E-state index contributed by atoms with van der Waals surface area (Å²) >= 11 is 0. The van der Waals surface area contributed by atoms with Crippen molar-refractivity contribution in [3.8, 4) is 0 Å². The SMILES string of the molecule is COC(=O)/C=C/[C@@H](C)CCC/C=C1\CCC(O)C=C1C=O. The van der Waals surface area contributed by atoms with Crippen molar-refractivity contribution in [1.82, 2.24) is 0 Å². The van der Waals surface area contributed by atoms with Crippen LogP contribution in [0.3, 0.4) is 0 Å². The molecular weight excluding hydrogens is 268 g/mol. The predicted molar refractivity (Wildman–Crippen MR) is 81.6 cm³/mol. The average molecular weight is 292 g/mol. The van der Waals surface area contributed by atoms with Crippen LogP contribution < -0.4 is 0 Å². The van der Waals surface area contributed by atoms with Crippen molar-refractivity contribution in [2.45, 2.75) is 45.1 Å². The summed E-state index contributed by atoms with van der Waals surface area (Å²) in [7, 11) is 1.36. The third-order valence-electron chi connectivity index (χ3n) is 3.60. The lowest BCUT2D eigenvalue weighted by Crippen LogP contribution is -2.11. The molecule has 0 radical (unpaired) electrons. The number of carbonyl (C=O) groups is 2. The number of aldehydes is 1. The molecule has 1 N–H and O–H groups in total. The Balaban J connectivity index is 2.37. The molecule has 0 aromatic rings. The van der Waals surface area contributed by atoms with E-state index in [2.05, 4.69) is 17.7 Å². The van der Waals surface area contributed by atoms with Gasteiger partial charge in [-0.2, -0.15) is 0 Å². The highest BCUT2D eigenvalue weighted by atomic mass is 16.5. The average Bonchev–Trinajstić information content (AvgIpc) is 2.50. The fourth-order valence-corrected chi connectivity index (χ4v) is 2.30. The van der Waals surface area contributed by atoms with E-state index in [4.69, 9.17) is 0 Å². The van der Waals surface area contributed by atoms with Gasteiger partial charge in [0.15, 0.2) is 0 Å². The number of unbranched alkanes of at least 4 members (excludes halogenated alkanes) is 1. The number of aliphatic hydroxyl groups excluding tert-OH is 1. The standard InChI is InChI=1S/C17H24O4/c1-13(7-10-17(20)21-2)5-3-4-6-14-8-9-16(19)11-15(14)12-18/h6-7,10-13,16,19H,3-5,8-9H2,1-2H3/b10-7+,14-6+/t13-,16?/m0/s1. The molecule has 1 aliphatic carbocycles. The first kappa shape index (κ1) is 17.4. The van der Waals surface area contributed by atoms with Crippen molar-refractivity contribution in [1.29, 1.82) is 0 Å². The van der Waals surface area contributed by atoms with Gasteiger partial charge in [-0.1, -0.05) is 19.1 Å². The maximum atomic E-state index is 11.0. The van der Waals surface area contributed by atoms with E-state index in [1.807, 2.05) is 6.08 Å². The molecule has 1 rings (SSSR count). The first-order valence-electron chi connectivity index (χ1n) is 7.37. The number of allylic oxidation sites excluding steroid dienone is 4. The zero-order valence-electron chi connectivity index (χ0n) is 12.7. The Labute approximate surface area is 126 Å². The van der Waals surface area contributed by atoms with Crippen molar-refractivity contribution >= 4 is 12.3 Å². The Morgan fingerprint density at radius 2 is 2.33 bits per heavy atom. The van der Waals surface area contributed by atoms with E-state index in [-0.39, 0.29) is 5.97 Å². The number of carbonyl (C=O) groups excluding carboxylic acids is 2. The molecule has 2 atom stereocenters. The van der Waals surface area contributed by atoms with Crippen molar-refractivity contribution < 1.29 is 19.4 Å². The molecule has 1 aliphatic rings. The summed E-state index contributed by atoms with van der Waals surface area (Å²) in [5, 5.41) is 9.49. The molecule has 0 spiro atoms. The van der Waals surface area contributed by atoms with Crippen LogP contribution in [0.25, 0.3) is 0 Å². The number of rotatable bonds is 7. The minimum absolute atomic E-state index is 0.316. The number of esters is 1. The number of ether oxygens (including phenoxy) is 1. The second kappa shape index (κ2) is 9.29. The van der Waals surface area contributed by atoms with Gasteiger partial charge in [0, 0.05) is 11.6 Å². The summed E-state index contributed by atoms with van der Waals surface area (Å²) in [6.45, 7) is 2.06. The van der Waals surface area contributed by atoms with Gasteiger partial charge in [-0.15, -0.1) is 0 Å². The van der Waals surface area contributed by atoms with Crippen molar-refractivity contribution in [3.05, 3.63) is 35.5 Å². The number of hydrogen-bond acceptors (Lipinski definition) is 4. The molecule has 21 heavy (non-hydrogen) atoms. The molecule has 4 heteroatoms. The summed E-state index contributed by atoms with van der Waals surface area (Å²) in [6.07, 6.45) is 11.6. The van der Waals surface area contributed by atoms with Gasteiger partial charge in [0.25, 0.3) is 0 Å². The van der Waals surface area contributed by atoms with Crippen LogP contribution in [0, 0.1) is 5.92 Å². The molecule has 0 fully saturated rings. The van der Waals surface area contributed by atoms with Gasteiger partial charge in [-0.05, 0) is 49.7 Å². The normalized spacial score (nSPS) is 22.1. The molecule has 0 aromatic heterocycles. The smallest absolute Gasteiger partial charge is 0.330 e. The van der Waals surface area contributed by atoms with E-state index >= 15 is 0 Å². The second-order valence-electron chi connectivity index (χ2n) is 5.37. The highest BCUT2D eigenvalue weighted by Crippen LogP contribution is 2.24. The summed E-state index contributed by atoms with van der Waals surface area (Å²) in [6, 6.07) is 0. The van der Waals surface area contributed by atoms with Gasteiger partial charge in [-0.3, -0.25) is 4.79 Å². The van der Waals surface area contributed by atoms with Gasteiger partial charge < -0.3 is 9.84 Å². The quantitative estimate of drug-likeness (QED) is 0.339. The molecule has 4 nitrogen and oxygen atoms in total. The first-order chi connectivity index (χ1) is 10.1. The Kier molecular flexibility index (Phi) is 7.69. The molecule has 1 unspecified atom stereocenters. The number of hydrogen-bond donors (Lipinski definition) is 1. The fourth-order valence-electron chi connectivity index (χ4n) is 2.30. The van der Waals surface area contributed by atoms with Crippen LogP contribution in [0.5, 0.6) is 0 Å². The lowest BCUT2D eigenvalue weighted by atomic mass is 9.91. The topological polar surface area (TPSA) is 63.6 Å². The second-order valence-corrected chi connectivity index (χ2v) is 5.37. The Morgan fingerprint density at radius 1 is 1.57 bits per heavy atom. The largest absolute Gasteiger partial charge is 0.466 e. The van der Waals surface area contributed by atoms with Gasteiger partial charge in [0.2, 0.25) is 0 Å². The molecule has 0 saturated heterocycles. The summed E-state index contributed by atoms with van der Waals surface area (Å²) in [5.74, 6) is -0.0118. The van der Waals surface area contributed by atoms with E-state index in [1.54, 1.807) is 6.08 Å². The van der Waals surface area contributed by atoms with Crippen molar-refractivity contribution in [2.75, 3.05) is 7.11 Å². The predicted octanol–water partition coefficient (Wildman–Crippen LogP) is 2.73. The number of aliphatic hydroxyl groups is 1. The minimum Gasteiger partial charge on any atom is -0.466 e. The maximum absolute atomic E-state index is 11.0. The third kappa shape index (κ3) is 6.54. The Morgan fingerprint density at radius 3 is 3.00 bits per heavy atom. The van der Waals surface area contributed by atoms with Crippen molar-refractivity contribution in [3.63, 3.8) is 0 Å². The zero-order chi connectivity index (χ0) is 15.7. The molecule has 0 aliphatic heterocycles. The minimum atomic E-state index is -0.495. The first-order valence-corrected chi connectivity index (χ1v) is 7.37. The summed E-state index contributed by atoms with van der Waals surface area (Å²) < 4.78 is 4.54. The van der Waals surface area contributed by atoms with E-state index in [1.165, 1.54) is 13.2 Å². The van der Waals surface area contributed by atoms with Crippen molar-refractivity contribution in [2.24, 2.45) is 5.92 Å². The van der Waals surface area contributed by atoms with Crippen LogP contribution in [0.1, 0.15) is 39.0 Å². The molecular formula is C17H24O4. The summed E-state index contributed by atoms with van der Waals surface area (Å²) in [5.41, 5.74) is 1.65. The van der Waals surface area contributed by atoms with E-state index in [0.717, 1.165) is 37.5 Å². The zero-order valence-corrected chi connectivity index (χ0v) is 12.7. The van der Waals surface area contributed by atoms with Crippen LogP contribution in [0.15, 0.2) is 35.5 Å². The van der Waals surface area contributed by atoms with E-state index < -0.39 is 6.10 Å². The van der Waals surface area contributed by atoms with Gasteiger partial charge in [0.05, 0.1) is 13.2 Å².